The van der Waals surface area contributed by atoms with E-state index in [4.69, 9.17) is 5.11 Å². The zero-order chi connectivity index (χ0) is 19.8. The summed E-state index contributed by atoms with van der Waals surface area (Å²) in [6, 6.07) is 6.32. The Kier molecular flexibility index (Phi) is 5.38. The second-order valence-corrected chi connectivity index (χ2v) is 9.82. The number of Topliss-reactive ketones (excluding diaryl/α,β-unsaturated/α-hetero) is 1. The lowest BCUT2D eigenvalue weighted by Crippen LogP contribution is -2.37. The Hall–Kier alpha value is -2.20. The van der Waals surface area contributed by atoms with Crippen LogP contribution < -0.4 is 4.90 Å². The Balaban J connectivity index is 1.92. The van der Waals surface area contributed by atoms with Crippen molar-refractivity contribution in [3.05, 3.63) is 29.8 Å². The van der Waals surface area contributed by atoms with Gasteiger partial charge in [-0.25, -0.2) is 8.42 Å². The van der Waals surface area contributed by atoms with E-state index >= 15 is 0 Å². The lowest BCUT2D eigenvalue weighted by molar-refractivity contribution is -0.138. The number of nitrogens with zero attached hydrogens (tertiary/aromatic N) is 2. The number of amidine groups is 1. The van der Waals surface area contributed by atoms with Gasteiger partial charge in [-0.2, -0.15) is 4.99 Å². The number of rotatable bonds is 5. The highest BCUT2D eigenvalue weighted by Gasteiger charge is 2.49. The zero-order valence-electron chi connectivity index (χ0n) is 14.5. The van der Waals surface area contributed by atoms with Crippen molar-refractivity contribution in [1.82, 2.24) is 0 Å². The lowest BCUT2D eigenvalue weighted by atomic mass is 10.1. The number of benzene rings is 1. The van der Waals surface area contributed by atoms with Gasteiger partial charge in [0.1, 0.15) is 0 Å². The molecular formula is C17H18N2O6S2. The predicted molar refractivity (Wildman–Crippen MR) is 102 cm³/mol. The molecule has 2 aliphatic heterocycles. The molecule has 0 unspecified atom stereocenters. The van der Waals surface area contributed by atoms with E-state index in [-0.39, 0.29) is 41.4 Å². The van der Waals surface area contributed by atoms with Gasteiger partial charge in [-0.1, -0.05) is 11.8 Å². The molecule has 27 heavy (non-hydrogen) atoms. The molecule has 2 fully saturated rings. The first-order valence-electron chi connectivity index (χ1n) is 8.27. The van der Waals surface area contributed by atoms with Gasteiger partial charge in [-0.05, 0) is 31.2 Å². The molecule has 8 nitrogen and oxygen atoms in total. The van der Waals surface area contributed by atoms with Crippen LogP contribution in [0.3, 0.4) is 0 Å². The van der Waals surface area contributed by atoms with Crippen LogP contribution in [0.4, 0.5) is 5.69 Å². The first-order chi connectivity index (χ1) is 12.7. The maximum atomic E-state index is 12.0. The number of carboxylic acid groups (broad SMARTS) is 1. The number of amides is 1. The van der Waals surface area contributed by atoms with Crippen LogP contribution in [0, 0.1) is 0 Å². The van der Waals surface area contributed by atoms with Gasteiger partial charge in [0.2, 0.25) is 5.91 Å². The summed E-state index contributed by atoms with van der Waals surface area (Å²) in [5, 5.41) is 8.83. The first kappa shape index (κ1) is 19.6. The summed E-state index contributed by atoms with van der Waals surface area (Å²) in [4.78, 5) is 39.9. The van der Waals surface area contributed by atoms with Crippen molar-refractivity contribution >= 4 is 50.1 Å². The molecule has 0 spiro atoms. The van der Waals surface area contributed by atoms with Gasteiger partial charge in [0.05, 0.1) is 24.0 Å². The number of carboxylic acids is 1. The second kappa shape index (κ2) is 7.43. The number of hydrogen-bond donors (Lipinski definition) is 1. The first-order valence-corrected chi connectivity index (χ1v) is 11.0. The lowest BCUT2D eigenvalue weighted by Gasteiger charge is -2.24. The molecule has 10 heteroatoms. The smallest absolute Gasteiger partial charge is 0.303 e. The number of hydrogen-bond acceptors (Lipinski definition) is 6. The van der Waals surface area contributed by atoms with Crippen LogP contribution in [0.5, 0.6) is 0 Å². The third-order valence-electron chi connectivity index (χ3n) is 4.39. The molecule has 0 radical (unpaired) electrons. The number of aliphatic imine (C=N–C) groups is 1. The van der Waals surface area contributed by atoms with Gasteiger partial charge >= 0.3 is 5.97 Å². The largest absolute Gasteiger partial charge is 0.481 e. The molecule has 0 aromatic heterocycles. The van der Waals surface area contributed by atoms with Crippen molar-refractivity contribution in [3.8, 4) is 0 Å². The molecule has 0 aliphatic carbocycles. The maximum absolute atomic E-state index is 12.0. The van der Waals surface area contributed by atoms with Gasteiger partial charge < -0.3 is 10.0 Å². The van der Waals surface area contributed by atoms with E-state index in [2.05, 4.69) is 4.99 Å². The van der Waals surface area contributed by atoms with Gasteiger partial charge in [-0.3, -0.25) is 14.4 Å². The van der Waals surface area contributed by atoms with Crippen molar-refractivity contribution < 1.29 is 27.9 Å². The van der Waals surface area contributed by atoms with Crippen LogP contribution in [0.1, 0.15) is 30.1 Å². The van der Waals surface area contributed by atoms with E-state index < -0.39 is 21.7 Å². The summed E-state index contributed by atoms with van der Waals surface area (Å²) in [7, 11) is -3.18. The molecule has 0 saturated carbocycles. The summed E-state index contributed by atoms with van der Waals surface area (Å²) < 4.78 is 24.0. The van der Waals surface area contributed by atoms with E-state index in [1.54, 1.807) is 29.2 Å². The number of thioether (sulfide) groups is 1. The van der Waals surface area contributed by atoms with Crippen molar-refractivity contribution in [2.75, 3.05) is 16.4 Å². The Morgan fingerprint density at radius 3 is 2.44 bits per heavy atom. The van der Waals surface area contributed by atoms with Gasteiger partial charge in [0.25, 0.3) is 0 Å². The minimum Gasteiger partial charge on any atom is -0.481 e. The average Bonchev–Trinajstić information content (AvgIpc) is 3.03. The summed E-state index contributed by atoms with van der Waals surface area (Å²) in [5.74, 6) is -1.76. The van der Waals surface area contributed by atoms with E-state index in [1.807, 2.05) is 0 Å². The van der Waals surface area contributed by atoms with Crippen molar-refractivity contribution in [2.24, 2.45) is 4.99 Å². The van der Waals surface area contributed by atoms with Crippen LogP contribution in [0.15, 0.2) is 29.3 Å². The molecule has 3 rings (SSSR count). The number of carbonyl (C=O) groups excluding carboxylic acids is 2. The van der Waals surface area contributed by atoms with Gasteiger partial charge in [0, 0.05) is 22.9 Å². The molecule has 1 N–H and O–H groups in total. The highest BCUT2D eigenvalue weighted by atomic mass is 32.2. The molecule has 2 aliphatic rings. The Morgan fingerprint density at radius 1 is 1.19 bits per heavy atom. The third kappa shape index (κ3) is 4.38. The number of anilines is 1. The molecule has 2 saturated heterocycles. The van der Waals surface area contributed by atoms with Crippen LogP contribution in [-0.4, -0.2) is 59.1 Å². The van der Waals surface area contributed by atoms with E-state index in [0.717, 1.165) is 0 Å². The quantitative estimate of drug-likeness (QED) is 0.722. The summed E-state index contributed by atoms with van der Waals surface area (Å²) in [6.45, 7) is 1.45. The molecule has 1 aromatic rings. The fraction of sp³-hybridized carbons (Fsp3) is 0.412. The fourth-order valence-corrected chi connectivity index (χ4v) is 7.03. The highest BCUT2D eigenvalue weighted by molar-refractivity contribution is 8.16. The second-order valence-electron chi connectivity index (χ2n) is 6.46. The maximum Gasteiger partial charge on any atom is 0.303 e. The standard InChI is InChI=1S/C17H18N2O6S2/c1-10(20)11-2-4-12(5-3-11)19-13-8-27(24,25)9-14(13)26-17(19)18-15(21)6-7-16(22)23/h2-5,13-14H,6-9H2,1H3,(H,22,23)/t13-,14-/m0/s1. The van der Waals surface area contributed by atoms with E-state index in [1.165, 1.54) is 18.7 Å². The molecule has 2 heterocycles. The van der Waals surface area contributed by atoms with Crippen molar-refractivity contribution in [3.63, 3.8) is 0 Å². The SMILES string of the molecule is CC(=O)c1ccc(N2C(=NC(=O)CCC(=O)O)S[C@H]3CS(=O)(=O)C[C@@H]32)cc1. The highest BCUT2D eigenvalue weighted by Crippen LogP contribution is 2.41. The summed E-state index contributed by atoms with van der Waals surface area (Å²) in [6.07, 6.45) is -0.529. The fourth-order valence-electron chi connectivity index (χ4n) is 3.10. The number of sulfone groups is 1. The topological polar surface area (TPSA) is 121 Å². The molecular weight excluding hydrogens is 392 g/mol. The van der Waals surface area contributed by atoms with Crippen LogP contribution in [-0.2, 0) is 19.4 Å². The van der Waals surface area contributed by atoms with Crippen LogP contribution >= 0.6 is 11.8 Å². The molecule has 144 valence electrons. The van der Waals surface area contributed by atoms with Crippen LogP contribution in [0.2, 0.25) is 0 Å². The zero-order valence-corrected chi connectivity index (χ0v) is 16.1. The minimum absolute atomic E-state index is 0.00665. The summed E-state index contributed by atoms with van der Waals surface area (Å²) in [5.41, 5.74) is 1.17. The van der Waals surface area contributed by atoms with Gasteiger partial charge in [0.15, 0.2) is 20.8 Å². The number of carbonyl (C=O) groups is 3. The molecule has 0 bridgehead atoms. The molecule has 1 aromatic carbocycles. The monoisotopic (exact) mass is 410 g/mol. The van der Waals surface area contributed by atoms with E-state index in [9.17, 15) is 22.8 Å². The molecule has 2 atom stereocenters. The number of aliphatic carboxylic acids is 1. The average molecular weight is 410 g/mol. The third-order valence-corrected chi connectivity index (χ3v) is 7.60. The van der Waals surface area contributed by atoms with Crippen LogP contribution in [0.25, 0.3) is 0 Å². The van der Waals surface area contributed by atoms with Crippen molar-refractivity contribution in [1.29, 1.82) is 0 Å². The van der Waals surface area contributed by atoms with Gasteiger partial charge in [-0.15, -0.1) is 0 Å². The Morgan fingerprint density at radius 2 is 1.85 bits per heavy atom. The Labute approximate surface area is 160 Å². The predicted octanol–water partition coefficient (Wildman–Crippen LogP) is 1.36. The molecule has 1 amide bonds. The normalized spacial score (nSPS) is 24.8. The summed E-state index contributed by atoms with van der Waals surface area (Å²) >= 11 is 1.22. The van der Waals surface area contributed by atoms with Crippen molar-refractivity contribution in [2.45, 2.75) is 31.1 Å². The minimum atomic E-state index is -3.18. The number of fused-ring (bicyclic) bond motifs is 1. The number of ketones is 1. The van der Waals surface area contributed by atoms with E-state index in [0.29, 0.717) is 16.4 Å². The Bertz CT molecular complexity index is 923.